The van der Waals surface area contributed by atoms with E-state index in [2.05, 4.69) is 16.9 Å². The first-order valence-corrected chi connectivity index (χ1v) is 6.22. The van der Waals surface area contributed by atoms with Crippen molar-refractivity contribution < 1.29 is 0 Å². The van der Waals surface area contributed by atoms with E-state index in [4.69, 9.17) is 5.73 Å². The Morgan fingerprint density at radius 1 is 1.31 bits per heavy atom. The highest BCUT2D eigenvalue weighted by molar-refractivity contribution is 5.20. The first-order chi connectivity index (χ1) is 7.77. The number of nitrogens with zero attached hydrogens (tertiary/aromatic N) is 2. The van der Waals surface area contributed by atoms with Gasteiger partial charge in [-0.3, -0.25) is 0 Å². The van der Waals surface area contributed by atoms with Crippen molar-refractivity contribution in [1.29, 1.82) is 0 Å². The molecule has 1 aliphatic carbocycles. The molecule has 2 rings (SSSR count). The van der Waals surface area contributed by atoms with Crippen LogP contribution in [-0.4, -0.2) is 16.5 Å². The third-order valence-electron chi connectivity index (χ3n) is 4.03. The largest absolute Gasteiger partial charge is 0.330 e. The van der Waals surface area contributed by atoms with Crippen molar-refractivity contribution in [3.63, 3.8) is 0 Å². The highest BCUT2D eigenvalue weighted by Crippen LogP contribution is 2.43. The molecule has 0 amide bonds. The maximum absolute atomic E-state index is 5.78. The number of rotatable bonds is 3. The molecule has 0 aliphatic heterocycles. The Morgan fingerprint density at radius 3 is 2.50 bits per heavy atom. The van der Waals surface area contributed by atoms with E-state index in [0.29, 0.717) is 0 Å². The second kappa shape index (κ2) is 4.91. The monoisotopic (exact) mass is 219 g/mol. The summed E-state index contributed by atoms with van der Waals surface area (Å²) < 4.78 is 0. The van der Waals surface area contributed by atoms with Gasteiger partial charge in [-0.25, -0.2) is 9.97 Å². The average molecular weight is 219 g/mol. The number of hydrogen-bond acceptors (Lipinski definition) is 3. The molecule has 0 atom stereocenters. The first kappa shape index (κ1) is 11.5. The Kier molecular flexibility index (Phi) is 3.54. The van der Waals surface area contributed by atoms with E-state index in [1.807, 2.05) is 12.4 Å². The fourth-order valence-corrected chi connectivity index (χ4v) is 2.85. The molecule has 0 radical (unpaired) electrons. The van der Waals surface area contributed by atoms with Crippen LogP contribution in [0.5, 0.6) is 0 Å². The molecular formula is C13H21N3. The molecule has 1 fully saturated rings. The van der Waals surface area contributed by atoms with Crippen LogP contribution in [0.2, 0.25) is 0 Å². The van der Waals surface area contributed by atoms with Crippen molar-refractivity contribution in [1.82, 2.24) is 9.97 Å². The van der Waals surface area contributed by atoms with Crippen LogP contribution in [0, 0.1) is 5.92 Å². The predicted molar refractivity (Wildman–Crippen MR) is 65.0 cm³/mol. The maximum Gasteiger partial charge on any atom is 0.115 e. The fraction of sp³-hybridized carbons (Fsp3) is 0.692. The van der Waals surface area contributed by atoms with Gasteiger partial charge in [0.25, 0.3) is 0 Å². The van der Waals surface area contributed by atoms with Crippen LogP contribution >= 0.6 is 0 Å². The summed E-state index contributed by atoms with van der Waals surface area (Å²) in [4.78, 5) is 8.31. The molecule has 3 nitrogen and oxygen atoms in total. The van der Waals surface area contributed by atoms with Crippen molar-refractivity contribution in [2.75, 3.05) is 6.54 Å². The zero-order chi connectivity index (χ0) is 11.4. The second-order valence-electron chi connectivity index (χ2n) is 5.13. The summed E-state index contributed by atoms with van der Waals surface area (Å²) in [5.41, 5.74) is 7.31. The smallest absolute Gasteiger partial charge is 0.115 e. The summed E-state index contributed by atoms with van der Waals surface area (Å²) in [5.74, 6) is 0.857. The van der Waals surface area contributed by atoms with Crippen molar-refractivity contribution in [3.05, 3.63) is 24.3 Å². The second-order valence-corrected chi connectivity index (χ2v) is 5.13. The van der Waals surface area contributed by atoms with E-state index >= 15 is 0 Å². The maximum atomic E-state index is 5.78. The van der Waals surface area contributed by atoms with Gasteiger partial charge in [0, 0.05) is 12.4 Å². The minimum absolute atomic E-state index is 0.252. The molecule has 0 aromatic carbocycles. The van der Waals surface area contributed by atoms with Crippen molar-refractivity contribution in [2.24, 2.45) is 11.7 Å². The third-order valence-corrected chi connectivity index (χ3v) is 4.03. The Bertz CT molecular complexity index is 315. The van der Waals surface area contributed by atoms with E-state index in [0.717, 1.165) is 18.9 Å². The summed E-state index contributed by atoms with van der Waals surface area (Å²) >= 11 is 0. The molecule has 88 valence electrons. The summed E-state index contributed by atoms with van der Waals surface area (Å²) in [7, 11) is 0. The van der Waals surface area contributed by atoms with E-state index in [9.17, 15) is 0 Å². The quantitative estimate of drug-likeness (QED) is 0.848. The molecule has 1 aromatic rings. The summed E-state index contributed by atoms with van der Waals surface area (Å²) in [6.45, 7) is 3.09. The lowest BCUT2D eigenvalue weighted by Crippen LogP contribution is -2.33. The van der Waals surface area contributed by atoms with E-state index in [1.54, 1.807) is 6.33 Å². The minimum atomic E-state index is 0.252. The molecular weight excluding hydrogens is 198 g/mol. The van der Waals surface area contributed by atoms with Crippen LogP contribution in [0.25, 0.3) is 0 Å². The van der Waals surface area contributed by atoms with Gasteiger partial charge in [0.15, 0.2) is 0 Å². The molecule has 1 saturated carbocycles. The van der Waals surface area contributed by atoms with E-state index < -0.39 is 0 Å². The van der Waals surface area contributed by atoms with E-state index in [1.165, 1.54) is 31.2 Å². The van der Waals surface area contributed by atoms with Crippen molar-refractivity contribution in [3.8, 4) is 0 Å². The number of aromatic nitrogens is 2. The molecule has 16 heavy (non-hydrogen) atoms. The average Bonchev–Trinajstić information content (AvgIpc) is 2.34. The predicted octanol–water partition coefficient (Wildman–Crippen LogP) is 2.27. The molecule has 0 spiro atoms. The first-order valence-electron chi connectivity index (χ1n) is 6.22. The van der Waals surface area contributed by atoms with Gasteiger partial charge in [-0.05, 0) is 55.5 Å². The molecule has 3 heteroatoms. The van der Waals surface area contributed by atoms with Gasteiger partial charge in [0.05, 0.1) is 0 Å². The Morgan fingerprint density at radius 2 is 1.94 bits per heavy atom. The Labute approximate surface area is 97.5 Å². The van der Waals surface area contributed by atoms with Crippen molar-refractivity contribution >= 4 is 0 Å². The number of nitrogens with two attached hydrogens (primary N) is 1. The highest BCUT2D eigenvalue weighted by atomic mass is 14.8. The normalized spacial score (nSPS) is 30.2. The van der Waals surface area contributed by atoms with Crippen LogP contribution < -0.4 is 5.73 Å². The Balaban J connectivity index is 2.22. The lowest BCUT2D eigenvalue weighted by molar-refractivity contribution is 0.229. The highest BCUT2D eigenvalue weighted by Gasteiger charge is 2.35. The van der Waals surface area contributed by atoms with Gasteiger partial charge < -0.3 is 5.73 Å². The zero-order valence-electron chi connectivity index (χ0n) is 10.0. The van der Waals surface area contributed by atoms with Gasteiger partial charge in [0.1, 0.15) is 6.33 Å². The Hall–Kier alpha value is -0.960. The third kappa shape index (κ3) is 2.24. The van der Waals surface area contributed by atoms with Crippen LogP contribution in [0.4, 0.5) is 0 Å². The molecule has 1 aliphatic rings. The van der Waals surface area contributed by atoms with Gasteiger partial charge in [0.2, 0.25) is 0 Å². The van der Waals surface area contributed by atoms with Crippen LogP contribution in [-0.2, 0) is 5.41 Å². The lowest BCUT2D eigenvalue weighted by Gasteiger charge is -2.39. The fourth-order valence-electron chi connectivity index (χ4n) is 2.85. The van der Waals surface area contributed by atoms with Gasteiger partial charge in [-0.1, -0.05) is 6.92 Å². The zero-order valence-corrected chi connectivity index (χ0v) is 10.0. The summed E-state index contributed by atoms with van der Waals surface area (Å²) in [6, 6.07) is 0. The van der Waals surface area contributed by atoms with Gasteiger partial charge in [-0.2, -0.15) is 0 Å². The summed E-state index contributed by atoms with van der Waals surface area (Å²) in [5, 5.41) is 0. The van der Waals surface area contributed by atoms with Gasteiger partial charge in [-0.15, -0.1) is 0 Å². The van der Waals surface area contributed by atoms with Crippen LogP contribution in [0.3, 0.4) is 0 Å². The number of hydrogen-bond donors (Lipinski definition) is 1. The van der Waals surface area contributed by atoms with Crippen molar-refractivity contribution in [2.45, 2.75) is 44.4 Å². The van der Waals surface area contributed by atoms with Crippen LogP contribution in [0.1, 0.15) is 44.6 Å². The topological polar surface area (TPSA) is 51.8 Å². The molecule has 0 bridgehead atoms. The SMILES string of the molecule is CC1CCC(CCN)(c2cncnc2)CC1. The molecule has 2 N–H and O–H groups in total. The minimum Gasteiger partial charge on any atom is -0.330 e. The summed E-state index contributed by atoms with van der Waals surface area (Å²) in [6.07, 6.45) is 11.7. The molecule has 1 heterocycles. The molecule has 0 saturated heterocycles. The molecule has 0 unspecified atom stereocenters. The standard InChI is InChI=1S/C13H21N3/c1-11-2-4-13(5-3-11,6-7-14)12-8-15-10-16-9-12/h8-11H,2-7,14H2,1H3. The van der Waals surface area contributed by atoms with E-state index in [-0.39, 0.29) is 5.41 Å². The lowest BCUT2D eigenvalue weighted by atomic mass is 9.66. The van der Waals surface area contributed by atoms with Gasteiger partial charge >= 0.3 is 0 Å². The van der Waals surface area contributed by atoms with Crippen LogP contribution in [0.15, 0.2) is 18.7 Å². The molecule has 1 aromatic heterocycles.